The highest BCUT2D eigenvalue weighted by molar-refractivity contribution is 6.22. The molecule has 4 nitrogen and oxygen atoms in total. The molecule has 0 N–H and O–H groups in total. The van der Waals surface area contributed by atoms with E-state index in [1.54, 1.807) is 0 Å². The van der Waals surface area contributed by atoms with Gasteiger partial charge < -0.3 is 4.57 Å². The van der Waals surface area contributed by atoms with Gasteiger partial charge in [-0.05, 0) is 78.9 Å². The number of hydrogen-bond acceptors (Lipinski definition) is 3. The Morgan fingerprint density at radius 3 is 0.753 bits per heavy atom. The normalized spacial score (nSPS) is 11.3. The monoisotopic (exact) mass is 1080 g/mol. The van der Waals surface area contributed by atoms with Crippen molar-refractivity contribution in [1.29, 1.82) is 0 Å². The van der Waals surface area contributed by atoms with E-state index >= 15 is 0 Å². The fraction of sp³-hybridized carbons (Fsp3) is 0. The SMILES string of the molecule is c1ccc(-c2ccc(-c3nc(-c4ccc(-c5ccccc5)cc4)nc(-c4cc(-c5ccccc5)c(-n5c6c(-c7ccccc7)c(-c7ccccc7)ccc6c6ccc(-c7ccccc7)c(-c7ccccc7)c65)c(-c5ccccc5)c4)n3)cc2)cc1. The number of hydrogen-bond donors (Lipinski definition) is 0. The van der Waals surface area contributed by atoms with E-state index in [0.29, 0.717) is 17.5 Å². The molecule has 0 atom stereocenters. The van der Waals surface area contributed by atoms with Crippen molar-refractivity contribution in [3.05, 3.63) is 328 Å². The minimum Gasteiger partial charge on any atom is -0.307 e. The van der Waals surface area contributed by atoms with Crippen LogP contribution in [0.5, 0.6) is 0 Å². The number of fused-ring (bicyclic) bond motifs is 3. The molecular formula is C81H54N4. The summed E-state index contributed by atoms with van der Waals surface area (Å²) >= 11 is 0. The molecule has 85 heavy (non-hydrogen) atoms. The van der Waals surface area contributed by atoms with Crippen LogP contribution in [0.2, 0.25) is 0 Å². The van der Waals surface area contributed by atoms with Crippen molar-refractivity contribution >= 4 is 21.8 Å². The van der Waals surface area contributed by atoms with Gasteiger partial charge in [-0.25, -0.2) is 15.0 Å². The molecule has 0 spiro atoms. The zero-order valence-electron chi connectivity index (χ0n) is 46.5. The first-order chi connectivity index (χ1) is 42.2. The topological polar surface area (TPSA) is 43.6 Å². The number of rotatable bonds is 12. The Bertz CT molecular complexity index is 4540. The largest absolute Gasteiger partial charge is 0.307 e. The van der Waals surface area contributed by atoms with E-state index < -0.39 is 0 Å². The Morgan fingerprint density at radius 1 is 0.188 bits per heavy atom. The van der Waals surface area contributed by atoms with Gasteiger partial charge in [0.1, 0.15) is 0 Å². The van der Waals surface area contributed by atoms with Crippen molar-refractivity contribution in [1.82, 2.24) is 19.5 Å². The molecule has 0 aliphatic rings. The zero-order valence-corrected chi connectivity index (χ0v) is 46.5. The molecule has 0 saturated heterocycles. The summed E-state index contributed by atoms with van der Waals surface area (Å²) in [5.74, 6) is 1.74. The van der Waals surface area contributed by atoms with E-state index in [9.17, 15) is 0 Å². The average molecular weight is 1080 g/mol. The highest BCUT2D eigenvalue weighted by atomic mass is 15.0. The van der Waals surface area contributed by atoms with Crippen molar-refractivity contribution in [3.63, 3.8) is 0 Å². The van der Waals surface area contributed by atoms with Gasteiger partial charge in [0.2, 0.25) is 0 Å². The summed E-state index contributed by atoms with van der Waals surface area (Å²) in [6.45, 7) is 0. The van der Waals surface area contributed by atoms with Crippen molar-refractivity contribution in [2.75, 3.05) is 0 Å². The van der Waals surface area contributed by atoms with Crippen molar-refractivity contribution in [3.8, 4) is 129 Å². The first kappa shape index (κ1) is 50.6. The lowest BCUT2D eigenvalue weighted by Gasteiger charge is -2.24. The van der Waals surface area contributed by atoms with Crippen molar-refractivity contribution < 1.29 is 0 Å². The number of benzene rings is 13. The van der Waals surface area contributed by atoms with Crippen molar-refractivity contribution in [2.24, 2.45) is 0 Å². The minimum absolute atomic E-state index is 0.565. The predicted molar refractivity (Wildman–Crippen MR) is 354 cm³/mol. The van der Waals surface area contributed by atoms with Crippen LogP contribution in [0.1, 0.15) is 0 Å². The van der Waals surface area contributed by atoms with Crippen LogP contribution in [-0.4, -0.2) is 19.5 Å². The van der Waals surface area contributed by atoms with Gasteiger partial charge >= 0.3 is 0 Å². The average Bonchev–Trinajstić information content (AvgIpc) is 1.98. The molecule has 15 aromatic rings. The quantitative estimate of drug-likeness (QED) is 0.122. The third kappa shape index (κ3) is 9.58. The zero-order chi connectivity index (χ0) is 56.5. The van der Waals surface area contributed by atoms with Crippen LogP contribution in [0.3, 0.4) is 0 Å². The molecule has 2 aromatic heterocycles. The highest BCUT2D eigenvalue weighted by Gasteiger charge is 2.29. The minimum atomic E-state index is 0.565. The van der Waals surface area contributed by atoms with Gasteiger partial charge in [-0.15, -0.1) is 0 Å². The van der Waals surface area contributed by atoms with Gasteiger partial charge in [-0.3, -0.25) is 0 Å². The molecule has 0 unspecified atom stereocenters. The first-order valence-corrected chi connectivity index (χ1v) is 28.9. The number of nitrogens with zero attached hydrogens (tertiary/aromatic N) is 4. The van der Waals surface area contributed by atoms with E-state index in [0.717, 1.165) is 133 Å². The van der Waals surface area contributed by atoms with Gasteiger partial charge in [-0.1, -0.05) is 315 Å². The molecule has 4 heteroatoms. The maximum absolute atomic E-state index is 5.50. The fourth-order valence-corrected chi connectivity index (χ4v) is 12.3. The molecule has 0 aliphatic heterocycles. The summed E-state index contributed by atoms with van der Waals surface area (Å²) < 4.78 is 2.62. The van der Waals surface area contributed by atoms with E-state index in [2.05, 4.69) is 320 Å². The van der Waals surface area contributed by atoms with Crippen LogP contribution in [-0.2, 0) is 0 Å². The predicted octanol–water partition coefficient (Wildman–Crippen LogP) is 21.3. The van der Waals surface area contributed by atoms with Crippen LogP contribution in [0.25, 0.3) is 151 Å². The Balaban J connectivity index is 1.08. The number of aromatic nitrogens is 4. The maximum Gasteiger partial charge on any atom is 0.164 e. The highest BCUT2D eigenvalue weighted by Crippen LogP contribution is 2.51. The first-order valence-electron chi connectivity index (χ1n) is 28.9. The lowest BCUT2D eigenvalue weighted by Crippen LogP contribution is -2.05. The third-order valence-corrected chi connectivity index (χ3v) is 16.3. The van der Waals surface area contributed by atoms with E-state index in [4.69, 9.17) is 15.0 Å². The fourth-order valence-electron chi connectivity index (χ4n) is 12.3. The van der Waals surface area contributed by atoms with E-state index in [-0.39, 0.29) is 0 Å². The molecular weight excluding hydrogens is 1030 g/mol. The third-order valence-electron chi connectivity index (χ3n) is 16.3. The Kier molecular flexibility index (Phi) is 13.2. The molecule has 0 aliphatic carbocycles. The smallest absolute Gasteiger partial charge is 0.164 e. The van der Waals surface area contributed by atoms with Gasteiger partial charge in [0, 0.05) is 49.7 Å². The summed E-state index contributed by atoms with van der Waals surface area (Å²) in [5.41, 5.74) is 23.7. The summed E-state index contributed by atoms with van der Waals surface area (Å²) in [5, 5.41) is 2.30. The molecule has 0 amide bonds. The molecule has 0 bridgehead atoms. The molecule has 0 fully saturated rings. The summed E-state index contributed by atoms with van der Waals surface area (Å²) in [7, 11) is 0. The maximum atomic E-state index is 5.50. The van der Waals surface area contributed by atoms with Gasteiger partial charge in [0.25, 0.3) is 0 Å². The lowest BCUT2D eigenvalue weighted by atomic mass is 9.90. The molecule has 0 saturated carbocycles. The van der Waals surface area contributed by atoms with Gasteiger partial charge in [0.05, 0.1) is 16.7 Å². The van der Waals surface area contributed by atoms with Crippen LogP contribution in [0.4, 0.5) is 0 Å². The second-order valence-corrected chi connectivity index (χ2v) is 21.4. The van der Waals surface area contributed by atoms with E-state index in [1.807, 2.05) is 12.1 Å². The van der Waals surface area contributed by atoms with Gasteiger partial charge in [-0.2, -0.15) is 0 Å². The van der Waals surface area contributed by atoms with Crippen LogP contribution in [0.15, 0.2) is 328 Å². The second kappa shape index (κ2) is 22.2. The molecule has 398 valence electrons. The van der Waals surface area contributed by atoms with Crippen molar-refractivity contribution in [2.45, 2.75) is 0 Å². The Hall–Kier alpha value is -11.3. The van der Waals surface area contributed by atoms with Crippen LogP contribution >= 0.6 is 0 Å². The second-order valence-electron chi connectivity index (χ2n) is 21.4. The molecule has 0 radical (unpaired) electrons. The summed E-state index contributed by atoms with van der Waals surface area (Å²) in [6.07, 6.45) is 0. The van der Waals surface area contributed by atoms with Crippen LogP contribution < -0.4 is 0 Å². The standard InChI is InChI=1S/C81H54N4/c1-9-25-55(26-10-1)57-41-45-65(46-42-57)79-82-80(66-47-43-58(44-48-66)56-27-11-2-12-28-56)84-81(83-79)67-53-72(61-33-17-5-18-34-61)76(73(54-67)62-35-19-6-20-36-62)85-77-70(51-49-68(59-29-13-3-14-30-59)74(77)63-37-21-7-22-38-63)71-52-50-69(60-31-15-4-16-32-60)75(78(71)85)64-39-23-8-24-40-64/h1-54H. The molecule has 13 aromatic carbocycles. The van der Waals surface area contributed by atoms with Gasteiger partial charge in [0.15, 0.2) is 17.5 Å². The lowest BCUT2D eigenvalue weighted by molar-refractivity contribution is 1.07. The Labute approximate surface area is 495 Å². The summed E-state index contributed by atoms with van der Waals surface area (Å²) in [4.78, 5) is 16.3. The molecule has 15 rings (SSSR count). The Morgan fingerprint density at radius 2 is 0.435 bits per heavy atom. The van der Waals surface area contributed by atoms with E-state index in [1.165, 1.54) is 0 Å². The van der Waals surface area contributed by atoms with Crippen LogP contribution in [0, 0.1) is 0 Å². The summed E-state index contributed by atoms with van der Waals surface area (Å²) in [6, 6.07) is 117. The molecule has 2 heterocycles.